The number of aliphatic hydroxyl groups is 1. The topological polar surface area (TPSA) is 136 Å². The number of hydrogen-bond acceptors (Lipinski definition) is 9. The third-order valence-electron chi connectivity index (χ3n) is 8.49. The number of rotatable bonds is 11. The Kier molecular flexibility index (Phi) is 10.9. The summed E-state index contributed by atoms with van der Waals surface area (Å²) in [5, 5.41) is 17.2. The van der Waals surface area contributed by atoms with Gasteiger partial charge in [-0.2, -0.15) is 0 Å². The van der Waals surface area contributed by atoms with Gasteiger partial charge >= 0.3 is 6.09 Å². The second-order valence-electron chi connectivity index (χ2n) is 12.1. The molecule has 0 aliphatic carbocycles. The van der Waals surface area contributed by atoms with Gasteiger partial charge in [0.1, 0.15) is 17.9 Å². The van der Waals surface area contributed by atoms with Crippen LogP contribution in [-0.2, 0) is 36.8 Å². The number of nitrogens with zero attached hydrogens (tertiary/aromatic N) is 1. The molecule has 0 bridgehead atoms. The maximum atomic E-state index is 13.9. The minimum Gasteiger partial charge on any atom is -0.494 e. The van der Waals surface area contributed by atoms with Gasteiger partial charge in [-0.25, -0.2) is 4.79 Å². The summed E-state index contributed by atoms with van der Waals surface area (Å²) in [6.07, 6.45) is -1.49. The smallest absolute Gasteiger partial charge is 0.407 e. The average Bonchev–Trinajstić information content (AvgIpc) is 3.59. The summed E-state index contributed by atoms with van der Waals surface area (Å²) in [5.74, 6) is -0.119. The predicted octanol–water partition coefficient (Wildman–Crippen LogP) is 3.23. The highest BCUT2D eigenvalue weighted by molar-refractivity contribution is 8.00. The quantitative estimate of drug-likeness (QED) is 0.338. The number of amides is 3. The number of aliphatic hydroxyl groups excluding tert-OH is 1. The van der Waals surface area contributed by atoms with E-state index in [1.807, 2.05) is 63.2 Å². The Morgan fingerprint density at radius 3 is 2.58 bits per heavy atom. The molecule has 3 heterocycles. The van der Waals surface area contributed by atoms with Gasteiger partial charge in [-0.15, -0.1) is 11.8 Å². The van der Waals surface area contributed by atoms with E-state index >= 15 is 0 Å². The summed E-state index contributed by atoms with van der Waals surface area (Å²) in [7, 11) is 0. The van der Waals surface area contributed by atoms with E-state index in [0.29, 0.717) is 25.5 Å². The molecule has 45 heavy (non-hydrogen) atoms. The van der Waals surface area contributed by atoms with Crippen molar-refractivity contribution in [3.8, 4) is 5.75 Å². The van der Waals surface area contributed by atoms with Crippen molar-refractivity contribution >= 4 is 29.7 Å². The van der Waals surface area contributed by atoms with Crippen LogP contribution in [0.1, 0.15) is 44.7 Å². The van der Waals surface area contributed by atoms with E-state index in [9.17, 15) is 19.5 Å². The zero-order valence-corrected chi connectivity index (χ0v) is 26.8. The number of ether oxygens (including phenoxy) is 4. The van der Waals surface area contributed by atoms with Crippen molar-refractivity contribution in [3.63, 3.8) is 0 Å². The van der Waals surface area contributed by atoms with E-state index in [4.69, 9.17) is 18.9 Å². The molecular formula is C33H43N3O8S. The zero-order chi connectivity index (χ0) is 32.0. The van der Waals surface area contributed by atoms with Crippen molar-refractivity contribution in [3.05, 3.63) is 65.7 Å². The molecule has 3 amide bonds. The number of hydrogen-bond donors (Lipinski definition) is 3. The summed E-state index contributed by atoms with van der Waals surface area (Å²) >= 11 is 1.46. The Bertz CT molecular complexity index is 1310. The summed E-state index contributed by atoms with van der Waals surface area (Å²) in [6, 6.07) is 14.9. The second-order valence-corrected chi connectivity index (χ2v) is 13.7. The van der Waals surface area contributed by atoms with Crippen molar-refractivity contribution in [2.45, 2.75) is 81.9 Å². The van der Waals surface area contributed by atoms with Crippen LogP contribution in [0.25, 0.3) is 0 Å². The van der Waals surface area contributed by atoms with Crippen molar-refractivity contribution in [2.75, 3.05) is 25.7 Å². The van der Waals surface area contributed by atoms with Gasteiger partial charge in [-0.05, 0) is 63.3 Å². The summed E-state index contributed by atoms with van der Waals surface area (Å²) in [4.78, 5) is 42.0. The number of thioether (sulfide) groups is 1. The Balaban J connectivity index is 1.30. The van der Waals surface area contributed by atoms with E-state index in [0.717, 1.165) is 24.0 Å². The van der Waals surface area contributed by atoms with Gasteiger partial charge in [0.2, 0.25) is 5.91 Å². The van der Waals surface area contributed by atoms with Gasteiger partial charge < -0.3 is 39.6 Å². The van der Waals surface area contributed by atoms with Crippen LogP contribution in [0.15, 0.2) is 54.6 Å². The van der Waals surface area contributed by atoms with Crippen LogP contribution in [0.2, 0.25) is 0 Å². The SMILES string of the molecule is CCOc1ccc(C[C@H](NC(=O)O[C@H]2CO[C@H]3OCCC[C@H]32)[C@H](O)C(=O)N2CSC(C)(C)[C@H]2C(=O)NCc2ccccc2)cc1. The maximum absolute atomic E-state index is 13.9. The first-order chi connectivity index (χ1) is 21.7. The molecular weight excluding hydrogens is 598 g/mol. The third kappa shape index (κ3) is 8.10. The lowest BCUT2D eigenvalue weighted by atomic mass is 9.96. The molecule has 6 atom stereocenters. The monoisotopic (exact) mass is 641 g/mol. The van der Waals surface area contributed by atoms with E-state index < -0.39 is 47.3 Å². The Morgan fingerprint density at radius 1 is 1.09 bits per heavy atom. The standard InChI is InChI=1S/C33H43N3O8S/c1-4-41-23-14-12-21(13-15-23)17-25(35-32(40)44-26-19-43-31-24(26)11-8-16-42-31)27(37)30(39)36-20-45-33(2,3)28(36)29(38)34-18-22-9-6-5-7-10-22/h5-7,9-10,12-15,24-28,31,37H,4,8,11,16-20H2,1-3H3,(H,34,38)(H,35,40)/t24-,25-,26-,27-,28+,31+/m0/s1. The molecule has 0 radical (unpaired) electrons. The molecule has 3 aliphatic heterocycles. The van der Waals surface area contributed by atoms with Gasteiger partial charge in [0.15, 0.2) is 12.4 Å². The van der Waals surface area contributed by atoms with E-state index in [1.165, 1.54) is 16.7 Å². The van der Waals surface area contributed by atoms with Crippen LogP contribution in [0.4, 0.5) is 4.79 Å². The molecule has 0 saturated carbocycles. The van der Waals surface area contributed by atoms with Crippen LogP contribution in [0.5, 0.6) is 5.75 Å². The van der Waals surface area contributed by atoms with Gasteiger partial charge in [0.05, 0.1) is 25.1 Å². The maximum Gasteiger partial charge on any atom is 0.407 e. The molecule has 3 N–H and O–H groups in total. The minimum absolute atomic E-state index is 0.0698. The summed E-state index contributed by atoms with van der Waals surface area (Å²) in [6.45, 7) is 7.36. The molecule has 2 aromatic carbocycles. The van der Waals surface area contributed by atoms with E-state index in [1.54, 1.807) is 12.1 Å². The average molecular weight is 642 g/mol. The Hall–Kier alpha value is -3.32. The lowest BCUT2D eigenvalue weighted by Gasteiger charge is -2.33. The highest BCUT2D eigenvalue weighted by Gasteiger charge is 2.50. The van der Waals surface area contributed by atoms with E-state index in [-0.39, 0.29) is 30.7 Å². The first-order valence-electron chi connectivity index (χ1n) is 15.5. The molecule has 244 valence electrons. The van der Waals surface area contributed by atoms with Gasteiger partial charge in [0.25, 0.3) is 5.91 Å². The van der Waals surface area contributed by atoms with Crippen molar-refractivity contribution < 1.29 is 38.4 Å². The molecule has 2 aromatic rings. The fraction of sp³-hybridized carbons (Fsp3) is 0.545. The number of benzene rings is 2. The van der Waals surface area contributed by atoms with Gasteiger partial charge in [-0.3, -0.25) is 9.59 Å². The molecule has 3 aliphatic rings. The fourth-order valence-electron chi connectivity index (χ4n) is 6.09. The van der Waals surface area contributed by atoms with Crippen molar-refractivity contribution in [2.24, 2.45) is 5.92 Å². The highest BCUT2D eigenvalue weighted by atomic mass is 32.2. The molecule has 5 rings (SSSR count). The van der Waals surface area contributed by atoms with E-state index in [2.05, 4.69) is 10.6 Å². The second kappa shape index (κ2) is 14.8. The van der Waals surface area contributed by atoms with Crippen molar-refractivity contribution in [1.82, 2.24) is 15.5 Å². The van der Waals surface area contributed by atoms with Crippen molar-refractivity contribution in [1.29, 1.82) is 0 Å². The lowest BCUT2D eigenvalue weighted by molar-refractivity contribution is -0.152. The summed E-state index contributed by atoms with van der Waals surface area (Å²) < 4.78 is 22.0. The van der Waals surface area contributed by atoms with Gasteiger partial charge in [-0.1, -0.05) is 42.5 Å². The van der Waals surface area contributed by atoms with Crippen LogP contribution < -0.4 is 15.4 Å². The molecule has 3 saturated heterocycles. The van der Waals surface area contributed by atoms with Crippen LogP contribution in [-0.4, -0.2) is 88.9 Å². The largest absolute Gasteiger partial charge is 0.494 e. The Labute approximate surface area is 268 Å². The number of fused-ring (bicyclic) bond motifs is 1. The first kappa shape index (κ1) is 33.1. The highest BCUT2D eigenvalue weighted by Crippen LogP contribution is 2.40. The molecule has 0 aromatic heterocycles. The number of nitrogens with one attached hydrogen (secondary N) is 2. The zero-order valence-electron chi connectivity index (χ0n) is 26.0. The first-order valence-corrected chi connectivity index (χ1v) is 16.5. The Morgan fingerprint density at radius 2 is 1.84 bits per heavy atom. The predicted molar refractivity (Wildman–Crippen MR) is 168 cm³/mol. The number of alkyl carbamates (subject to hydrolysis) is 1. The van der Waals surface area contributed by atoms with Crippen LogP contribution >= 0.6 is 11.8 Å². The minimum atomic E-state index is -1.64. The van der Waals surface area contributed by atoms with Crippen LogP contribution in [0, 0.1) is 5.92 Å². The molecule has 12 heteroatoms. The normalized spacial score (nSPS) is 25.1. The number of carbonyl (C=O) groups is 3. The molecule has 3 fully saturated rings. The lowest BCUT2D eigenvalue weighted by Crippen LogP contribution is -2.58. The van der Waals surface area contributed by atoms with Gasteiger partial charge in [0, 0.05) is 23.8 Å². The molecule has 11 nitrogen and oxygen atoms in total. The summed E-state index contributed by atoms with van der Waals surface area (Å²) in [5.41, 5.74) is 1.71. The van der Waals surface area contributed by atoms with Crippen LogP contribution in [0.3, 0.4) is 0 Å². The third-order valence-corrected chi connectivity index (χ3v) is 9.86. The number of carbonyl (C=O) groups excluding carboxylic acids is 3. The molecule has 0 unspecified atom stereocenters. The fourth-order valence-corrected chi connectivity index (χ4v) is 7.23. The molecule has 0 spiro atoms.